The lowest BCUT2D eigenvalue weighted by Crippen LogP contribution is -2.32. The quantitative estimate of drug-likeness (QED) is 0.0761. The molecular weight excluding hydrogens is 440 g/mol. The highest BCUT2D eigenvalue weighted by atomic mass is 32.2. The zero-order valence-corrected chi connectivity index (χ0v) is 18.0. The van der Waals surface area contributed by atoms with E-state index in [4.69, 9.17) is 11.7 Å². The van der Waals surface area contributed by atoms with Gasteiger partial charge in [-0.1, -0.05) is 36.0 Å². The normalized spacial score (nSPS) is 11.8. The lowest BCUT2D eigenvalue weighted by Gasteiger charge is -2.13. The van der Waals surface area contributed by atoms with Crippen molar-refractivity contribution in [2.75, 3.05) is 0 Å². The molecule has 0 aliphatic carbocycles. The maximum atomic E-state index is 13.4. The van der Waals surface area contributed by atoms with Crippen molar-refractivity contribution in [2.24, 2.45) is 16.8 Å². The number of benzene rings is 2. The number of hydrazine groups is 1. The largest absolute Gasteiger partial charge is 0.341 e. The first-order valence-corrected chi connectivity index (χ1v) is 10.8. The molecule has 164 valence electrons. The fourth-order valence-corrected chi connectivity index (χ4v) is 4.29. The van der Waals surface area contributed by atoms with Crippen molar-refractivity contribution in [3.63, 3.8) is 0 Å². The summed E-state index contributed by atoms with van der Waals surface area (Å²) in [5, 5.41) is 4.08. The van der Waals surface area contributed by atoms with Crippen LogP contribution in [-0.4, -0.2) is 35.3 Å². The minimum Gasteiger partial charge on any atom is -0.341 e. The van der Waals surface area contributed by atoms with Crippen molar-refractivity contribution < 1.29 is 0 Å². The molecule has 0 saturated heterocycles. The number of imidazole rings is 1. The van der Waals surface area contributed by atoms with E-state index in [-0.39, 0.29) is 22.6 Å². The molecule has 11 nitrogen and oxygen atoms in total. The number of H-pyrrole nitrogens is 1. The van der Waals surface area contributed by atoms with E-state index in [1.165, 1.54) is 28.7 Å². The SMILES string of the molecule is N/N=C(\NN)c1cccc(-n2c(SCc3nc4ccccc4[nH]3)nc3nccnc3c2=O)c1. The molecule has 33 heavy (non-hydrogen) atoms. The summed E-state index contributed by atoms with van der Waals surface area (Å²) in [7, 11) is 0. The molecule has 0 unspecified atom stereocenters. The maximum absolute atomic E-state index is 13.4. The predicted molar refractivity (Wildman–Crippen MR) is 127 cm³/mol. The molecule has 0 atom stereocenters. The Balaban J connectivity index is 1.61. The number of hydrazone groups is 1. The Morgan fingerprint density at radius 2 is 1.97 bits per heavy atom. The Morgan fingerprint density at radius 3 is 2.79 bits per heavy atom. The van der Waals surface area contributed by atoms with Gasteiger partial charge in [-0.2, -0.15) is 5.10 Å². The second-order valence-electron chi connectivity index (χ2n) is 6.93. The summed E-state index contributed by atoms with van der Waals surface area (Å²) in [6.07, 6.45) is 2.97. The number of nitrogens with one attached hydrogen (secondary N) is 2. The van der Waals surface area contributed by atoms with Gasteiger partial charge < -0.3 is 16.3 Å². The number of aromatic amines is 1. The van der Waals surface area contributed by atoms with Gasteiger partial charge in [-0.15, -0.1) is 0 Å². The Bertz CT molecular complexity index is 1530. The third kappa shape index (κ3) is 3.88. The van der Waals surface area contributed by atoms with Crippen LogP contribution in [0.25, 0.3) is 27.9 Å². The number of thioether (sulfide) groups is 1. The molecule has 0 radical (unpaired) electrons. The average molecular weight is 459 g/mol. The van der Waals surface area contributed by atoms with Gasteiger partial charge in [0.2, 0.25) is 0 Å². The average Bonchev–Trinajstić information content (AvgIpc) is 3.27. The van der Waals surface area contributed by atoms with Crippen molar-refractivity contribution in [3.05, 3.63) is 82.7 Å². The van der Waals surface area contributed by atoms with Gasteiger partial charge in [0, 0.05) is 18.0 Å². The number of nitrogens with zero attached hydrogens (tertiary/aromatic N) is 6. The number of amidine groups is 1. The van der Waals surface area contributed by atoms with Crippen molar-refractivity contribution in [2.45, 2.75) is 10.9 Å². The van der Waals surface area contributed by atoms with Crippen LogP contribution >= 0.6 is 11.8 Å². The Kier molecular flexibility index (Phi) is 5.42. The fraction of sp³-hybridized carbons (Fsp3) is 0.0476. The number of para-hydroxylation sites is 2. The van der Waals surface area contributed by atoms with Crippen LogP contribution in [0.15, 0.2) is 76.0 Å². The summed E-state index contributed by atoms with van der Waals surface area (Å²) >= 11 is 1.36. The Hall–Kier alpha value is -4.29. The van der Waals surface area contributed by atoms with Gasteiger partial charge >= 0.3 is 0 Å². The summed E-state index contributed by atoms with van der Waals surface area (Å²) in [5.41, 5.74) is 5.53. The van der Waals surface area contributed by atoms with E-state index in [9.17, 15) is 4.79 Å². The molecule has 5 rings (SSSR count). The monoisotopic (exact) mass is 458 g/mol. The lowest BCUT2D eigenvalue weighted by molar-refractivity contribution is 0.808. The minimum atomic E-state index is -0.343. The smallest absolute Gasteiger partial charge is 0.286 e. The summed E-state index contributed by atoms with van der Waals surface area (Å²) in [4.78, 5) is 34.3. The van der Waals surface area contributed by atoms with E-state index < -0.39 is 0 Å². The molecule has 6 N–H and O–H groups in total. The third-order valence-corrected chi connectivity index (χ3v) is 5.85. The molecule has 3 aromatic heterocycles. The highest BCUT2D eigenvalue weighted by Crippen LogP contribution is 2.24. The number of hydrogen-bond acceptors (Lipinski definition) is 9. The molecule has 0 saturated carbocycles. The molecule has 0 bridgehead atoms. The number of hydrogen-bond donors (Lipinski definition) is 4. The summed E-state index contributed by atoms with van der Waals surface area (Å²) in [5.74, 6) is 12.4. The highest BCUT2D eigenvalue weighted by Gasteiger charge is 2.17. The van der Waals surface area contributed by atoms with Crippen molar-refractivity contribution in [1.29, 1.82) is 0 Å². The highest BCUT2D eigenvalue weighted by molar-refractivity contribution is 7.98. The van der Waals surface area contributed by atoms with E-state index in [1.807, 2.05) is 24.3 Å². The summed E-state index contributed by atoms with van der Waals surface area (Å²) in [6.45, 7) is 0. The lowest BCUT2D eigenvalue weighted by atomic mass is 10.2. The summed E-state index contributed by atoms with van der Waals surface area (Å²) < 4.78 is 1.48. The van der Waals surface area contributed by atoms with E-state index >= 15 is 0 Å². The Labute approximate surface area is 191 Å². The van der Waals surface area contributed by atoms with E-state index in [2.05, 4.69) is 35.4 Å². The molecule has 0 fully saturated rings. The predicted octanol–water partition coefficient (Wildman–Crippen LogP) is 1.43. The number of fused-ring (bicyclic) bond motifs is 2. The van der Waals surface area contributed by atoms with Crippen LogP contribution < -0.4 is 22.7 Å². The first kappa shape index (κ1) is 20.6. The van der Waals surface area contributed by atoms with E-state index in [0.29, 0.717) is 22.2 Å². The van der Waals surface area contributed by atoms with Crippen LogP contribution in [0.4, 0.5) is 0 Å². The Morgan fingerprint density at radius 1 is 1.12 bits per heavy atom. The number of rotatable bonds is 5. The van der Waals surface area contributed by atoms with Gasteiger partial charge in [-0.3, -0.25) is 9.36 Å². The first-order valence-electron chi connectivity index (χ1n) is 9.83. The van der Waals surface area contributed by atoms with Crippen LogP contribution in [0.5, 0.6) is 0 Å². The zero-order chi connectivity index (χ0) is 22.8. The van der Waals surface area contributed by atoms with Gasteiger partial charge in [-0.05, 0) is 24.3 Å². The second kappa shape index (κ2) is 8.68. The van der Waals surface area contributed by atoms with Crippen LogP contribution in [0.2, 0.25) is 0 Å². The van der Waals surface area contributed by atoms with Gasteiger partial charge in [0.25, 0.3) is 5.56 Å². The molecule has 0 aliphatic rings. The van der Waals surface area contributed by atoms with Crippen molar-refractivity contribution in [3.8, 4) is 5.69 Å². The molecule has 2 aromatic carbocycles. The molecule has 0 aliphatic heterocycles. The molecule has 5 aromatic rings. The number of aromatic nitrogens is 6. The van der Waals surface area contributed by atoms with Gasteiger partial charge in [0.1, 0.15) is 5.82 Å². The van der Waals surface area contributed by atoms with E-state index in [0.717, 1.165) is 16.9 Å². The van der Waals surface area contributed by atoms with Crippen LogP contribution in [0.3, 0.4) is 0 Å². The minimum absolute atomic E-state index is 0.167. The molecule has 3 heterocycles. The summed E-state index contributed by atoms with van der Waals surface area (Å²) in [6, 6.07) is 14.8. The first-order chi connectivity index (χ1) is 16.2. The maximum Gasteiger partial charge on any atom is 0.286 e. The topological polar surface area (TPSA) is 166 Å². The zero-order valence-electron chi connectivity index (χ0n) is 17.1. The van der Waals surface area contributed by atoms with Crippen LogP contribution in [-0.2, 0) is 5.75 Å². The third-order valence-electron chi connectivity index (χ3n) is 4.90. The van der Waals surface area contributed by atoms with Gasteiger partial charge in [-0.25, -0.2) is 25.8 Å². The van der Waals surface area contributed by atoms with Gasteiger partial charge in [0.05, 0.1) is 22.5 Å². The number of nitrogens with two attached hydrogens (primary N) is 2. The molecule has 12 heteroatoms. The molecule has 0 amide bonds. The molecular formula is C21H18N10OS. The van der Waals surface area contributed by atoms with Crippen molar-refractivity contribution >= 4 is 39.8 Å². The fourth-order valence-electron chi connectivity index (χ4n) is 3.42. The van der Waals surface area contributed by atoms with Crippen molar-refractivity contribution in [1.82, 2.24) is 34.9 Å². The van der Waals surface area contributed by atoms with Gasteiger partial charge in [0.15, 0.2) is 22.2 Å². The second-order valence-corrected chi connectivity index (χ2v) is 7.87. The standard InChI is InChI=1S/C21H18N10OS/c22-29-18(30-23)12-4-3-5-13(10-12)31-20(32)17-19(25-9-8-24-17)28-21(31)33-11-16-26-14-6-1-2-7-15(14)27-16/h1-10H,11,22-23H2,(H,26,27)(H,29,30). The van der Waals surface area contributed by atoms with Crippen LogP contribution in [0, 0.1) is 0 Å². The van der Waals surface area contributed by atoms with E-state index in [1.54, 1.807) is 24.3 Å². The van der Waals surface area contributed by atoms with Crippen LogP contribution in [0.1, 0.15) is 11.4 Å². The molecule has 0 spiro atoms.